The van der Waals surface area contributed by atoms with Crippen LogP contribution in [0.3, 0.4) is 0 Å². The quantitative estimate of drug-likeness (QED) is 0.488. The molecule has 4 rings (SSSR count). The average Bonchev–Trinajstić information content (AvgIpc) is 3.11. The summed E-state index contributed by atoms with van der Waals surface area (Å²) in [5.41, 5.74) is 5.59. The number of benzene rings is 3. The third-order valence-electron chi connectivity index (χ3n) is 5.65. The van der Waals surface area contributed by atoms with E-state index in [9.17, 15) is 5.11 Å². The molecule has 1 heterocycles. The molecule has 0 saturated heterocycles. The molecule has 0 saturated carbocycles. The monoisotopic (exact) mass is 385 g/mol. The van der Waals surface area contributed by atoms with Gasteiger partial charge in [-0.15, -0.1) is 15.0 Å². The van der Waals surface area contributed by atoms with Gasteiger partial charge in [0.2, 0.25) is 0 Å². The Kier molecular flexibility index (Phi) is 4.45. The van der Waals surface area contributed by atoms with Gasteiger partial charge in [-0.1, -0.05) is 77.1 Å². The van der Waals surface area contributed by atoms with Crippen LogP contribution in [0.2, 0.25) is 0 Å². The zero-order valence-corrected chi connectivity index (χ0v) is 17.6. The van der Waals surface area contributed by atoms with Crippen molar-refractivity contribution in [3.05, 3.63) is 83.4 Å². The van der Waals surface area contributed by atoms with E-state index < -0.39 is 0 Å². The Labute approximate surface area is 171 Å². The predicted molar refractivity (Wildman–Crippen MR) is 118 cm³/mol. The first-order valence-corrected chi connectivity index (χ1v) is 9.93. The van der Waals surface area contributed by atoms with Crippen LogP contribution < -0.4 is 0 Å². The molecule has 0 amide bonds. The molecular weight excluding hydrogens is 358 g/mol. The standard InChI is InChI=1S/C25H27N3O/c1-24(2,3)18-12-14-23(29)22(16-18)28-26-20-13-11-19(15-21(20)27-28)25(4,5)17-9-7-6-8-10-17/h6-16,29H,1-5H3. The molecule has 0 atom stereocenters. The number of nitrogens with zero attached hydrogens (tertiary/aromatic N) is 3. The van der Waals surface area contributed by atoms with Crippen LogP contribution >= 0.6 is 0 Å². The van der Waals surface area contributed by atoms with Crippen LogP contribution in [0.25, 0.3) is 16.7 Å². The van der Waals surface area contributed by atoms with Gasteiger partial charge in [-0.25, -0.2) is 0 Å². The summed E-state index contributed by atoms with van der Waals surface area (Å²) < 4.78 is 0. The lowest BCUT2D eigenvalue weighted by atomic mass is 9.78. The molecule has 3 aromatic carbocycles. The zero-order valence-electron chi connectivity index (χ0n) is 17.6. The van der Waals surface area contributed by atoms with Crippen LogP contribution in [0, 0.1) is 0 Å². The zero-order chi connectivity index (χ0) is 20.8. The van der Waals surface area contributed by atoms with Crippen LogP contribution in [0.4, 0.5) is 0 Å². The Bertz CT molecular complexity index is 1170. The molecule has 1 N–H and O–H groups in total. The van der Waals surface area contributed by atoms with Gasteiger partial charge < -0.3 is 5.11 Å². The largest absolute Gasteiger partial charge is 0.506 e. The summed E-state index contributed by atoms with van der Waals surface area (Å²) in [5.74, 6) is 0.170. The number of hydrogen-bond donors (Lipinski definition) is 1. The Morgan fingerprint density at radius 1 is 0.690 bits per heavy atom. The highest BCUT2D eigenvalue weighted by molar-refractivity contribution is 5.75. The lowest BCUT2D eigenvalue weighted by Crippen LogP contribution is -2.18. The van der Waals surface area contributed by atoms with Gasteiger partial charge in [0, 0.05) is 5.41 Å². The Balaban J connectivity index is 1.79. The SMILES string of the molecule is CC(C)(C)c1ccc(O)c(-n2nc3ccc(C(C)(C)c4ccccc4)cc3n2)c1. The molecule has 0 unspecified atom stereocenters. The van der Waals surface area contributed by atoms with Crippen LogP contribution in [0.1, 0.15) is 51.3 Å². The number of aromatic nitrogens is 3. The minimum absolute atomic E-state index is 0.0259. The van der Waals surface area contributed by atoms with Crippen LogP contribution in [0.5, 0.6) is 5.75 Å². The van der Waals surface area contributed by atoms with Gasteiger partial charge in [-0.2, -0.15) is 0 Å². The minimum atomic E-state index is -0.145. The second kappa shape index (κ2) is 6.73. The van der Waals surface area contributed by atoms with Crippen LogP contribution in [0.15, 0.2) is 66.7 Å². The molecule has 148 valence electrons. The first-order valence-electron chi connectivity index (χ1n) is 9.93. The number of fused-ring (bicyclic) bond motifs is 1. The molecule has 0 bridgehead atoms. The number of phenols is 1. The van der Waals surface area contributed by atoms with Crippen molar-refractivity contribution < 1.29 is 5.11 Å². The molecule has 0 radical (unpaired) electrons. The highest BCUT2D eigenvalue weighted by Crippen LogP contribution is 2.33. The van der Waals surface area contributed by atoms with E-state index >= 15 is 0 Å². The van der Waals surface area contributed by atoms with E-state index in [0.717, 1.165) is 16.6 Å². The summed E-state index contributed by atoms with van der Waals surface area (Å²) in [7, 11) is 0. The molecule has 0 aliphatic carbocycles. The number of aromatic hydroxyl groups is 1. The van der Waals surface area contributed by atoms with E-state index in [-0.39, 0.29) is 16.6 Å². The van der Waals surface area contributed by atoms with E-state index in [0.29, 0.717) is 5.69 Å². The van der Waals surface area contributed by atoms with Crippen molar-refractivity contribution in [2.45, 2.75) is 45.4 Å². The lowest BCUT2D eigenvalue weighted by molar-refractivity contribution is 0.466. The molecule has 1 aromatic heterocycles. The fourth-order valence-electron chi connectivity index (χ4n) is 3.58. The number of phenolic OH excluding ortho intramolecular Hbond substituents is 1. The van der Waals surface area contributed by atoms with Crippen LogP contribution in [-0.4, -0.2) is 20.1 Å². The molecule has 0 fully saturated rings. The summed E-state index contributed by atoms with van der Waals surface area (Å²) in [6, 6.07) is 22.3. The van der Waals surface area contributed by atoms with Crippen molar-refractivity contribution in [2.75, 3.05) is 0 Å². The van der Waals surface area contributed by atoms with Gasteiger partial charge >= 0.3 is 0 Å². The van der Waals surface area contributed by atoms with E-state index in [1.807, 2.05) is 24.3 Å². The van der Waals surface area contributed by atoms with Gasteiger partial charge in [-0.3, -0.25) is 0 Å². The summed E-state index contributed by atoms with van der Waals surface area (Å²) in [6.07, 6.45) is 0. The van der Waals surface area contributed by atoms with E-state index in [1.165, 1.54) is 15.9 Å². The van der Waals surface area contributed by atoms with Crippen molar-refractivity contribution in [3.8, 4) is 11.4 Å². The summed E-state index contributed by atoms with van der Waals surface area (Å²) in [4.78, 5) is 1.54. The Hall–Kier alpha value is -3.14. The smallest absolute Gasteiger partial charge is 0.143 e. The fourth-order valence-corrected chi connectivity index (χ4v) is 3.58. The maximum Gasteiger partial charge on any atom is 0.143 e. The normalized spacial score (nSPS) is 12.4. The minimum Gasteiger partial charge on any atom is -0.506 e. The molecular formula is C25H27N3O. The van der Waals surface area contributed by atoms with Gasteiger partial charge in [0.1, 0.15) is 22.5 Å². The van der Waals surface area contributed by atoms with Crippen molar-refractivity contribution in [2.24, 2.45) is 0 Å². The van der Waals surface area contributed by atoms with E-state index in [4.69, 9.17) is 0 Å². The van der Waals surface area contributed by atoms with Gasteiger partial charge in [-0.05, 0) is 46.4 Å². The highest BCUT2D eigenvalue weighted by atomic mass is 16.3. The maximum absolute atomic E-state index is 10.4. The Morgan fingerprint density at radius 3 is 2.03 bits per heavy atom. The van der Waals surface area contributed by atoms with Crippen molar-refractivity contribution in [3.63, 3.8) is 0 Å². The molecule has 0 aliphatic heterocycles. The molecule has 4 heteroatoms. The molecule has 29 heavy (non-hydrogen) atoms. The topological polar surface area (TPSA) is 50.9 Å². The van der Waals surface area contributed by atoms with Gasteiger partial charge in [0.05, 0.1) is 0 Å². The van der Waals surface area contributed by atoms with Gasteiger partial charge in [0.25, 0.3) is 0 Å². The number of hydrogen-bond acceptors (Lipinski definition) is 3. The third kappa shape index (κ3) is 3.51. The van der Waals surface area contributed by atoms with E-state index in [2.05, 4.69) is 81.2 Å². The van der Waals surface area contributed by atoms with Crippen molar-refractivity contribution in [1.29, 1.82) is 0 Å². The molecule has 4 aromatic rings. The third-order valence-corrected chi connectivity index (χ3v) is 5.65. The number of rotatable bonds is 3. The Morgan fingerprint density at radius 2 is 1.34 bits per heavy atom. The van der Waals surface area contributed by atoms with Crippen molar-refractivity contribution >= 4 is 11.0 Å². The average molecular weight is 386 g/mol. The van der Waals surface area contributed by atoms with E-state index in [1.54, 1.807) is 6.07 Å². The predicted octanol–water partition coefficient (Wildman–Crippen LogP) is 5.75. The second-order valence-electron chi connectivity index (χ2n) is 9.14. The second-order valence-corrected chi connectivity index (χ2v) is 9.14. The first kappa shape index (κ1) is 19.2. The molecule has 0 spiro atoms. The van der Waals surface area contributed by atoms with Gasteiger partial charge in [0.15, 0.2) is 0 Å². The molecule has 0 aliphatic rings. The summed E-state index contributed by atoms with van der Waals surface area (Å²) in [6.45, 7) is 10.9. The van der Waals surface area contributed by atoms with Crippen LogP contribution in [-0.2, 0) is 10.8 Å². The maximum atomic E-state index is 10.4. The fraction of sp³-hybridized carbons (Fsp3) is 0.280. The first-order chi connectivity index (χ1) is 13.7. The lowest BCUT2D eigenvalue weighted by Gasteiger charge is -2.25. The summed E-state index contributed by atoms with van der Waals surface area (Å²) >= 11 is 0. The highest BCUT2D eigenvalue weighted by Gasteiger charge is 2.24. The van der Waals surface area contributed by atoms with Crippen molar-refractivity contribution in [1.82, 2.24) is 15.0 Å². The molecule has 4 nitrogen and oxygen atoms in total. The summed E-state index contributed by atoms with van der Waals surface area (Å²) in [5, 5.41) is 19.7.